The summed E-state index contributed by atoms with van der Waals surface area (Å²) in [7, 11) is 0. The van der Waals surface area contributed by atoms with Crippen LogP contribution in [-0.4, -0.2) is 32.9 Å². The molecule has 0 aliphatic heterocycles. The van der Waals surface area contributed by atoms with Crippen LogP contribution in [0, 0.1) is 17.2 Å². The second-order valence-electron chi connectivity index (χ2n) is 10.7. The van der Waals surface area contributed by atoms with Gasteiger partial charge in [-0.25, -0.2) is 9.07 Å². The first-order valence-electron chi connectivity index (χ1n) is 12.6. The minimum Gasteiger partial charge on any atom is -0.391 e. The van der Waals surface area contributed by atoms with Gasteiger partial charge in [0.05, 0.1) is 35.5 Å². The first-order chi connectivity index (χ1) is 17.3. The van der Waals surface area contributed by atoms with E-state index < -0.39 is 11.5 Å². The zero-order valence-corrected chi connectivity index (χ0v) is 20.5. The molecule has 2 N–H and O–H groups in total. The fourth-order valence-electron chi connectivity index (χ4n) is 6.67. The quantitative estimate of drug-likeness (QED) is 0.413. The van der Waals surface area contributed by atoms with E-state index in [4.69, 9.17) is 0 Å². The Bertz CT molecular complexity index is 1430. The van der Waals surface area contributed by atoms with Crippen LogP contribution >= 0.6 is 0 Å². The van der Waals surface area contributed by atoms with Gasteiger partial charge in [-0.2, -0.15) is 5.10 Å². The highest BCUT2D eigenvalue weighted by atomic mass is 19.1. The maximum atomic E-state index is 13.7. The Kier molecular flexibility index (Phi) is 5.27. The number of nitrogens with one attached hydrogen (secondary N) is 1. The summed E-state index contributed by atoms with van der Waals surface area (Å²) < 4.78 is 15.2. The summed E-state index contributed by atoms with van der Waals surface area (Å²) in [5, 5.41) is 19.0. The van der Waals surface area contributed by atoms with Crippen LogP contribution in [0.2, 0.25) is 0 Å². The zero-order chi connectivity index (χ0) is 25.1. The molecule has 3 aromatic carbocycles. The van der Waals surface area contributed by atoms with Crippen molar-refractivity contribution in [3.05, 3.63) is 95.9 Å². The van der Waals surface area contributed by atoms with Crippen LogP contribution in [-0.2, 0) is 10.2 Å². The summed E-state index contributed by atoms with van der Waals surface area (Å²) in [5.74, 6) is -0.561. The summed E-state index contributed by atoms with van der Waals surface area (Å²) in [5.41, 5.74) is 3.04. The van der Waals surface area contributed by atoms with Crippen LogP contribution in [0.3, 0.4) is 0 Å². The Morgan fingerprint density at radius 1 is 1.03 bits per heavy atom. The summed E-state index contributed by atoms with van der Waals surface area (Å²) in [4.78, 5) is 13.7. The molecule has 3 unspecified atom stereocenters. The van der Waals surface area contributed by atoms with E-state index in [2.05, 4.69) is 48.5 Å². The van der Waals surface area contributed by atoms with Crippen molar-refractivity contribution in [2.45, 2.75) is 50.7 Å². The SMILES string of the molecule is CC1(C)C(C(=O)NC2CCC[C@H]2O)C1(c1ccccc1)c1ccc2c(cnn2-c2ccc(F)cc2)c1. The molecule has 0 radical (unpaired) electrons. The molecule has 4 atom stereocenters. The van der Waals surface area contributed by atoms with Crippen molar-refractivity contribution >= 4 is 16.8 Å². The molecule has 6 heteroatoms. The van der Waals surface area contributed by atoms with Crippen LogP contribution in [0.25, 0.3) is 16.6 Å². The van der Waals surface area contributed by atoms with Gasteiger partial charge >= 0.3 is 0 Å². The Balaban J connectivity index is 1.43. The molecule has 36 heavy (non-hydrogen) atoms. The molecule has 184 valence electrons. The third kappa shape index (κ3) is 3.31. The highest BCUT2D eigenvalue weighted by molar-refractivity contribution is 5.90. The van der Waals surface area contributed by atoms with E-state index in [0.29, 0.717) is 0 Å². The van der Waals surface area contributed by atoms with Crippen molar-refractivity contribution < 1.29 is 14.3 Å². The number of hydrogen-bond acceptors (Lipinski definition) is 3. The number of fused-ring (bicyclic) bond motifs is 1. The number of halogens is 1. The van der Waals surface area contributed by atoms with Crippen LogP contribution in [0.1, 0.15) is 44.2 Å². The fraction of sp³-hybridized carbons (Fsp3) is 0.333. The maximum Gasteiger partial charge on any atom is 0.225 e. The van der Waals surface area contributed by atoms with E-state index in [-0.39, 0.29) is 29.1 Å². The molecular weight excluding hydrogens is 453 g/mol. The van der Waals surface area contributed by atoms with Crippen molar-refractivity contribution in [1.29, 1.82) is 0 Å². The minimum absolute atomic E-state index is 0.00286. The van der Waals surface area contributed by atoms with Crippen molar-refractivity contribution in [1.82, 2.24) is 15.1 Å². The van der Waals surface area contributed by atoms with Crippen LogP contribution in [0.15, 0.2) is 79.0 Å². The molecule has 1 amide bonds. The Hall–Kier alpha value is -3.51. The zero-order valence-electron chi connectivity index (χ0n) is 20.5. The second kappa shape index (κ2) is 8.27. The normalized spacial score (nSPS) is 26.7. The van der Waals surface area contributed by atoms with Gasteiger partial charge in [0.25, 0.3) is 0 Å². The lowest BCUT2D eigenvalue weighted by atomic mass is 9.80. The molecular formula is C30H30FN3O2. The Morgan fingerprint density at radius 2 is 1.78 bits per heavy atom. The molecule has 2 aliphatic carbocycles. The monoisotopic (exact) mass is 483 g/mol. The Morgan fingerprint density at radius 3 is 2.47 bits per heavy atom. The standard InChI is InChI=1S/C30H30FN3O2/c1-29(2)27(28(36)33-24-9-6-10-26(24)35)30(29,20-7-4-3-5-8-20)21-11-16-25-19(17-21)18-32-34(25)23-14-12-22(31)13-15-23/h3-5,7-8,11-18,24,26-27,35H,6,9-10H2,1-2H3,(H,33,36)/t24?,26-,27?,30?/m1/s1. The molecule has 2 aliphatic rings. The van der Waals surface area contributed by atoms with Gasteiger partial charge in [-0.1, -0.05) is 50.2 Å². The number of amides is 1. The van der Waals surface area contributed by atoms with Crippen molar-refractivity contribution in [3.63, 3.8) is 0 Å². The highest BCUT2D eigenvalue weighted by Gasteiger charge is 2.75. The first kappa shape index (κ1) is 22.9. The Labute approximate surface area is 210 Å². The van der Waals surface area contributed by atoms with Gasteiger partial charge in [0.1, 0.15) is 5.82 Å². The molecule has 0 saturated heterocycles. The van der Waals surface area contributed by atoms with Crippen molar-refractivity contribution in [2.75, 3.05) is 0 Å². The fourth-order valence-corrected chi connectivity index (χ4v) is 6.67. The van der Waals surface area contributed by atoms with E-state index in [1.165, 1.54) is 12.1 Å². The lowest BCUT2D eigenvalue weighted by Gasteiger charge is -2.23. The predicted octanol–water partition coefficient (Wildman–Crippen LogP) is 5.14. The van der Waals surface area contributed by atoms with Crippen molar-refractivity contribution in [2.24, 2.45) is 11.3 Å². The van der Waals surface area contributed by atoms with Gasteiger partial charge in [-0.15, -0.1) is 0 Å². The summed E-state index contributed by atoms with van der Waals surface area (Å²) in [6.45, 7) is 4.31. The number of benzene rings is 3. The number of aromatic nitrogens is 2. The van der Waals surface area contributed by atoms with Gasteiger partial charge in [0.2, 0.25) is 5.91 Å². The van der Waals surface area contributed by atoms with E-state index in [1.807, 2.05) is 30.5 Å². The number of aliphatic hydroxyl groups excluding tert-OH is 1. The smallest absolute Gasteiger partial charge is 0.225 e. The van der Waals surface area contributed by atoms with Gasteiger partial charge in [0, 0.05) is 10.8 Å². The van der Waals surface area contributed by atoms with Crippen LogP contribution in [0.4, 0.5) is 4.39 Å². The number of carbonyl (C=O) groups is 1. The summed E-state index contributed by atoms with van der Waals surface area (Å²) in [6.07, 6.45) is 3.82. The van der Waals surface area contributed by atoms with Gasteiger partial charge in [-0.3, -0.25) is 4.79 Å². The van der Waals surface area contributed by atoms with E-state index in [1.54, 1.807) is 16.8 Å². The third-order valence-electron chi connectivity index (χ3n) is 8.48. The molecule has 2 fully saturated rings. The number of nitrogens with zero attached hydrogens (tertiary/aromatic N) is 2. The molecule has 1 aromatic heterocycles. The van der Waals surface area contributed by atoms with Crippen LogP contribution in [0.5, 0.6) is 0 Å². The summed E-state index contributed by atoms with van der Waals surface area (Å²) >= 11 is 0. The van der Waals surface area contributed by atoms with E-state index in [0.717, 1.165) is 47.0 Å². The molecule has 5 nitrogen and oxygen atoms in total. The lowest BCUT2D eigenvalue weighted by Crippen LogP contribution is -2.42. The molecule has 0 bridgehead atoms. The molecule has 6 rings (SSSR count). The average Bonchev–Trinajstić information content (AvgIpc) is 3.18. The lowest BCUT2D eigenvalue weighted by molar-refractivity contribution is -0.124. The third-order valence-corrected chi connectivity index (χ3v) is 8.48. The van der Waals surface area contributed by atoms with E-state index >= 15 is 0 Å². The second-order valence-corrected chi connectivity index (χ2v) is 10.7. The largest absolute Gasteiger partial charge is 0.391 e. The number of rotatable bonds is 5. The average molecular weight is 484 g/mol. The summed E-state index contributed by atoms with van der Waals surface area (Å²) in [6, 6.07) is 22.6. The molecule has 2 saturated carbocycles. The van der Waals surface area contributed by atoms with Gasteiger partial charge in [0.15, 0.2) is 0 Å². The number of carbonyl (C=O) groups excluding carboxylic acids is 1. The maximum absolute atomic E-state index is 13.7. The molecule has 4 aromatic rings. The molecule has 0 spiro atoms. The number of aliphatic hydroxyl groups is 1. The van der Waals surface area contributed by atoms with E-state index in [9.17, 15) is 14.3 Å². The minimum atomic E-state index is -0.506. The number of hydrogen-bond donors (Lipinski definition) is 2. The highest BCUT2D eigenvalue weighted by Crippen LogP contribution is 2.72. The van der Waals surface area contributed by atoms with Gasteiger partial charge in [-0.05, 0) is 72.2 Å². The first-order valence-corrected chi connectivity index (χ1v) is 12.6. The predicted molar refractivity (Wildman–Crippen MR) is 137 cm³/mol. The van der Waals surface area contributed by atoms with Crippen LogP contribution < -0.4 is 5.32 Å². The molecule has 1 heterocycles. The van der Waals surface area contributed by atoms with Gasteiger partial charge < -0.3 is 10.4 Å². The topological polar surface area (TPSA) is 67.2 Å². The van der Waals surface area contributed by atoms with Crippen molar-refractivity contribution in [3.8, 4) is 5.69 Å².